The van der Waals surface area contributed by atoms with E-state index < -0.39 is 0 Å². The molecule has 0 unspecified atom stereocenters. The van der Waals surface area contributed by atoms with E-state index in [9.17, 15) is 4.79 Å². The zero-order valence-electron chi connectivity index (χ0n) is 14.0. The second-order valence-corrected chi connectivity index (χ2v) is 7.01. The Labute approximate surface area is 157 Å². The van der Waals surface area contributed by atoms with Gasteiger partial charge >= 0.3 is 0 Å². The minimum atomic E-state index is -0.261. The van der Waals surface area contributed by atoms with Crippen LogP contribution in [-0.2, 0) is 6.54 Å². The highest BCUT2D eigenvalue weighted by Gasteiger charge is 2.14. The summed E-state index contributed by atoms with van der Waals surface area (Å²) in [6.45, 7) is 5.16. The molecule has 0 aliphatic carbocycles. The van der Waals surface area contributed by atoms with Crippen molar-refractivity contribution in [3.8, 4) is 0 Å². The van der Waals surface area contributed by atoms with Crippen LogP contribution >= 0.6 is 23.2 Å². The van der Waals surface area contributed by atoms with Gasteiger partial charge in [0, 0.05) is 44.0 Å². The van der Waals surface area contributed by atoms with Crippen molar-refractivity contribution in [3.05, 3.63) is 57.8 Å². The van der Waals surface area contributed by atoms with Crippen molar-refractivity contribution in [2.24, 2.45) is 0 Å². The van der Waals surface area contributed by atoms with E-state index in [1.54, 1.807) is 0 Å². The van der Waals surface area contributed by atoms with Crippen molar-refractivity contribution in [2.45, 2.75) is 6.54 Å². The number of hydrogen-bond acceptors (Lipinski definition) is 4. The van der Waals surface area contributed by atoms with Gasteiger partial charge in [-0.05, 0) is 36.9 Å². The lowest BCUT2D eigenvalue weighted by molar-refractivity contribution is 0.102. The highest BCUT2D eigenvalue weighted by molar-refractivity contribution is 6.33. The molecule has 132 valence electrons. The summed E-state index contributed by atoms with van der Waals surface area (Å²) in [7, 11) is 2.14. The number of nitrogens with one attached hydrogen (secondary N) is 1. The van der Waals surface area contributed by atoms with Crippen molar-refractivity contribution >= 4 is 34.8 Å². The van der Waals surface area contributed by atoms with Gasteiger partial charge in [0.05, 0.1) is 0 Å². The summed E-state index contributed by atoms with van der Waals surface area (Å²) in [5.74, 6) is -0.261. The minimum Gasteiger partial charge on any atom is -0.322 e. The Balaban J connectivity index is 1.66. The van der Waals surface area contributed by atoms with Gasteiger partial charge in [-0.15, -0.1) is 0 Å². The number of amides is 1. The van der Waals surface area contributed by atoms with Crippen LogP contribution in [0.4, 0.5) is 5.69 Å². The maximum absolute atomic E-state index is 12.4. The Bertz CT molecular complexity index is 740. The van der Waals surface area contributed by atoms with E-state index in [-0.39, 0.29) is 16.2 Å². The number of aromatic nitrogens is 1. The molecule has 7 heteroatoms. The van der Waals surface area contributed by atoms with Crippen molar-refractivity contribution in [2.75, 3.05) is 38.5 Å². The van der Waals surface area contributed by atoms with Gasteiger partial charge in [-0.1, -0.05) is 35.3 Å². The zero-order chi connectivity index (χ0) is 17.8. The van der Waals surface area contributed by atoms with E-state index >= 15 is 0 Å². The first kappa shape index (κ1) is 18.1. The first-order valence-corrected chi connectivity index (χ1v) is 8.89. The maximum atomic E-state index is 12.4. The monoisotopic (exact) mass is 378 g/mol. The first-order chi connectivity index (χ1) is 12.0. The predicted octanol–water partition coefficient (Wildman–Crippen LogP) is 3.39. The zero-order valence-corrected chi connectivity index (χ0v) is 15.5. The van der Waals surface area contributed by atoms with Crippen LogP contribution in [0, 0.1) is 0 Å². The Morgan fingerprint density at radius 1 is 1.12 bits per heavy atom. The molecule has 2 heterocycles. The van der Waals surface area contributed by atoms with Crippen LogP contribution in [-0.4, -0.2) is 53.9 Å². The molecule has 1 saturated heterocycles. The number of anilines is 1. The molecule has 1 fully saturated rings. The molecule has 1 aliphatic rings. The van der Waals surface area contributed by atoms with Crippen LogP contribution in [0.3, 0.4) is 0 Å². The van der Waals surface area contributed by atoms with Crippen molar-refractivity contribution in [1.82, 2.24) is 14.8 Å². The Kier molecular flexibility index (Phi) is 5.91. The van der Waals surface area contributed by atoms with Gasteiger partial charge in [-0.2, -0.15) is 0 Å². The Morgan fingerprint density at radius 2 is 1.80 bits per heavy atom. The van der Waals surface area contributed by atoms with Gasteiger partial charge in [0.2, 0.25) is 0 Å². The third-order valence-electron chi connectivity index (χ3n) is 4.21. The van der Waals surface area contributed by atoms with Crippen molar-refractivity contribution in [1.29, 1.82) is 0 Å². The molecule has 1 aromatic carbocycles. The summed E-state index contributed by atoms with van der Waals surface area (Å²) in [5.41, 5.74) is 2.31. The minimum absolute atomic E-state index is 0.196. The van der Waals surface area contributed by atoms with Gasteiger partial charge in [-0.25, -0.2) is 4.98 Å². The van der Waals surface area contributed by atoms with E-state index in [2.05, 4.69) is 33.2 Å². The third kappa shape index (κ3) is 5.16. The molecule has 0 radical (unpaired) electrons. The second kappa shape index (κ2) is 8.15. The van der Waals surface area contributed by atoms with E-state index in [1.807, 2.05) is 18.2 Å². The Hall–Kier alpha value is -1.66. The standard InChI is InChI=1S/C18H20Cl2N4O/c1-23-5-7-24(8-6-23)12-13-3-2-4-15(9-13)21-18(25)14-10-16(19)22-17(20)11-14/h2-4,9-11H,5-8,12H2,1H3,(H,21,25). The lowest BCUT2D eigenvalue weighted by Crippen LogP contribution is -2.43. The molecule has 0 atom stereocenters. The highest BCUT2D eigenvalue weighted by Crippen LogP contribution is 2.18. The second-order valence-electron chi connectivity index (χ2n) is 6.24. The van der Waals surface area contributed by atoms with Crippen LogP contribution in [0.15, 0.2) is 36.4 Å². The number of piperazine rings is 1. The third-order valence-corrected chi connectivity index (χ3v) is 4.60. The predicted molar refractivity (Wildman–Crippen MR) is 101 cm³/mol. The quantitative estimate of drug-likeness (QED) is 0.828. The largest absolute Gasteiger partial charge is 0.322 e. The summed E-state index contributed by atoms with van der Waals surface area (Å²) in [4.78, 5) is 21.0. The maximum Gasteiger partial charge on any atom is 0.255 e. The number of pyridine rings is 1. The van der Waals surface area contributed by atoms with Crippen molar-refractivity contribution in [3.63, 3.8) is 0 Å². The van der Waals surface area contributed by atoms with Gasteiger partial charge < -0.3 is 10.2 Å². The molecular weight excluding hydrogens is 359 g/mol. The van der Waals surface area contributed by atoms with Gasteiger partial charge in [0.15, 0.2) is 0 Å². The number of benzene rings is 1. The number of hydrogen-bond donors (Lipinski definition) is 1. The fraction of sp³-hybridized carbons (Fsp3) is 0.333. The fourth-order valence-corrected chi connectivity index (χ4v) is 3.27. The summed E-state index contributed by atoms with van der Waals surface area (Å²) in [5, 5.41) is 3.28. The lowest BCUT2D eigenvalue weighted by Gasteiger charge is -2.32. The molecule has 0 bridgehead atoms. The van der Waals surface area contributed by atoms with E-state index in [1.165, 1.54) is 17.7 Å². The SMILES string of the molecule is CN1CCN(Cc2cccc(NC(=O)c3cc(Cl)nc(Cl)c3)c2)CC1. The first-order valence-electron chi connectivity index (χ1n) is 8.14. The molecule has 0 saturated carbocycles. The molecule has 1 aromatic heterocycles. The molecule has 1 N–H and O–H groups in total. The molecule has 1 amide bonds. The van der Waals surface area contributed by atoms with Crippen LogP contribution < -0.4 is 5.32 Å². The number of rotatable bonds is 4. The number of likely N-dealkylation sites (N-methyl/N-ethyl adjacent to an activating group) is 1. The van der Waals surface area contributed by atoms with Gasteiger partial charge in [0.1, 0.15) is 10.3 Å². The molecule has 2 aromatic rings. The van der Waals surface area contributed by atoms with Crippen molar-refractivity contribution < 1.29 is 4.79 Å². The molecule has 1 aliphatic heterocycles. The topological polar surface area (TPSA) is 48.5 Å². The highest BCUT2D eigenvalue weighted by atomic mass is 35.5. The summed E-state index contributed by atoms with van der Waals surface area (Å²) in [6.07, 6.45) is 0. The van der Waals surface area contributed by atoms with Gasteiger partial charge in [-0.3, -0.25) is 9.69 Å². The smallest absolute Gasteiger partial charge is 0.255 e. The molecule has 3 rings (SSSR count). The molecule has 25 heavy (non-hydrogen) atoms. The number of halogens is 2. The fourth-order valence-electron chi connectivity index (χ4n) is 2.81. The van der Waals surface area contributed by atoms with E-state index in [0.717, 1.165) is 38.4 Å². The molecule has 0 spiro atoms. The summed E-state index contributed by atoms with van der Waals surface area (Å²) in [6, 6.07) is 10.9. The van der Waals surface area contributed by atoms with Crippen LogP contribution in [0.5, 0.6) is 0 Å². The summed E-state index contributed by atoms with van der Waals surface area (Å²) >= 11 is 11.7. The molecule has 5 nitrogen and oxygen atoms in total. The number of carbonyl (C=O) groups is 1. The average molecular weight is 379 g/mol. The van der Waals surface area contributed by atoms with E-state index in [0.29, 0.717) is 5.56 Å². The van der Waals surface area contributed by atoms with Crippen LogP contribution in [0.1, 0.15) is 15.9 Å². The average Bonchev–Trinajstić information content (AvgIpc) is 2.56. The Morgan fingerprint density at radius 3 is 2.48 bits per heavy atom. The number of nitrogens with zero attached hydrogens (tertiary/aromatic N) is 3. The van der Waals surface area contributed by atoms with E-state index in [4.69, 9.17) is 23.2 Å². The summed E-state index contributed by atoms with van der Waals surface area (Å²) < 4.78 is 0. The van der Waals surface area contributed by atoms with Crippen LogP contribution in [0.25, 0.3) is 0 Å². The van der Waals surface area contributed by atoms with Gasteiger partial charge in [0.25, 0.3) is 5.91 Å². The number of carbonyl (C=O) groups excluding carboxylic acids is 1. The van der Waals surface area contributed by atoms with Crippen LogP contribution in [0.2, 0.25) is 10.3 Å². The molecular formula is C18H20Cl2N4O. The lowest BCUT2D eigenvalue weighted by atomic mass is 10.1. The normalized spacial score (nSPS) is 16.0.